The van der Waals surface area contributed by atoms with Crippen LogP contribution in [0.1, 0.15) is 24.9 Å². The lowest BCUT2D eigenvalue weighted by atomic mass is 9.92. The van der Waals surface area contributed by atoms with Gasteiger partial charge in [0.15, 0.2) is 0 Å². The van der Waals surface area contributed by atoms with E-state index in [1.54, 1.807) is 0 Å². The van der Waals surface area contributed by atoms with Gasteiger partial charge in [0, 0.05) is 18.2 Å². The molecule has 2 aromatic rings. The molecule has 0 spiro atoms. The molecule has 1 aliphatic rings. The maximum atomic E-state index is 6.39. The quantitative estimate of drug-likeness (QED) is 0.880. The normalized spacial score (nSPS) is 25.4. The molecule has 1 aromatic heterocycles. The zero-order chi connectivity index (χ0) is 12.5. The van der Waals surface area contributed by atoms with E-state index in [0.717, 1.165) is 29.5 Å². The molecule has 18 heavy (non-hydrogen) atoms. The molecule has 0 amide bonds. The number of fused-ring (bicyclic) bond motifs is 1. The van der Waals surface area contributed by atoms with Gasteiger partial charge >= 0.3 is 0 Å². The average Bonchev–Trinajstić information content (AvgIpc) is 2.83. The molecule has 3 heteroatoms. The van der Waals surface area contributed by atoms with E-state index >= 15 is 0 Å². The molecule has 1 aromatic carbocycles. The van der Waals surface area contributed by atoms with Gasteiger partial charge in [-0.3, -0.25) is 4.98 Å². The molecule has 0 saturated carbocycles. The highest BCUT2D eigenvalue weighted by atomic mass is 16.5. The third kappa shape index (κ3) is 1.89. The Bertz CT molecular complexity index is 550. The molecular formula is C15H18N2O. The van der Waals surface area contributed by atoms with Crippen LogP contribution in [0.25, 0.3) is 10.9 Å². The number of benzene rings is 1. The first-order chi connectivity index (χ1) is 8.77. The number of nitrogens with two attached hydrogens (primary N) is 1. The van der Waals surface area contributed by atoms with Crippen LogP contribution in [0.15, 0.2) is 36.5 Å². The lowest BCUT2D eigenvalue weighted by molar-refractivity contribution is 0.0728. The van der Waals surface area contributed by atoms with Gasteiger partial charge in [0.2, 0.25) is 0 Å². The summed E-state index contributed by atoms with van der Waals surface area (Å²) in [5.41, 5.74) is 8.48. The van der Waals surface area contributed by atoms with Crippen molar-refractivity contribution in [3.05, 3.63) is 42.1 Å². The summed E-state index contributed by atoms with van der Waals surface area (Å²) in [4.78, 5) is 4.46. The van der Waals surface area contributed by atoms with Crippen LogP contribution >= 0.6 is 0 Å². The van der Waals surface area contributed by atoms with Gasteiger partial charge in [0.05, 0.1) is 17.7 Å². The fourth-order valence-electron chi connectivity index (χ4n) is 2.75. The number of ether oxygens (including phenoxy) is 1. The molecule has 94 valence electrons. The number of aromatic nitrogens is 1. The van der Waals surface area contributed by atoms with Gasteiger partial charge in [0.1, 0.15) is 0 Å². The number of nitrogens with zero attached hydrogens (tertiary/aromatic N) is 1. The van der Waals surface area contributed by atoms with Gasteiger partial charge in [-0.05, 0) is 24.0 Å². The van der Waals surface area contributed by atoms with Crippen LogP contribution in [0.5, 0.6) is 0 Å². The van der Waals surface area contributed by atoms with Gasteiger partial charge in [-0.15, -0.1) is 0 Å². The smallest absolute Gasteiger partial charge is 0.0794 e. The van der Waals surface area contributed by atoms with E-state index in [-0.39, 0.29) is 12.1 Å². The topological polar surface area (TPSA) is 48.1 Å². The molecule has 0 aliphatic carbocycles. The van der Waals surface area contributed by atoms with Crippen molar-refractivity contribution in [2.45, 2.75) is 25.5 Å². The van der Waals surface area contributed by atoms with E-state index in [1.807, 2.05) is 18.3 Å². The van der Waals surface area contributed by atoms with Crippen molar-refractivity contribution >= 4 is 10.9 Å². The Labute approximate surface area is 107 Å². The lowest BCUT2D eigenvalue weighted by Crippen LogP contribution is -2.30. The Morgan fingerprint density at radius 3 is 2.94 bits per heavy atom. The first kappa shape index (κ1) is 11.6. The van der Waals surface area contributed by atoms with E-state index in [4.69, 9.17) is 10.5 Å². The fourth-order valence-corrected chi connectivity index (χ4v) is 2.75. The minimum atomic E-state index is -0.0962. The summed E-state index contributed by atoms with van der Waals surface area (Å²) in [5.74, 6) is 0.513. The molecule has 3 atom stereocenters. The van der Waals surface area contributed by atoms with Crippen molar-refractivity contribution < 1.29 is 4.74 Å². The van der Waals surface area contributed by atoms with Crippen molar-refractivity contribution in [1.82, 2.24) is 4.98 Å². The highest BCUT2D eigenvalue weighted by Crippen LogP contribution is 2.32. The largest absolute Gasteiger partial charge is 0.376 e. The van der Waals surface area contributed by atoms with Gasteiger partial charge in [0.25, 0.3) is 0 Å². The predicted molar refractivity (Wildman–Crippen MR) is 72.2 cm³/mol. The Kier molecular flexibility index (Phi) is 3.02. The lowest BCUT2D eigenvalue weighted by Gasteiger charge is -2.23. The zero-order valence-corrected chi connectivity index (χ0v) is 10.5. The van der Waals surface area contributed by atoms with Crippen LogP contribution in [0.4, 0.5) is 0 Å². The van der Waals surface area contributed by atoms with Gasteiger partial charge in [-0.1, -0.05) is 31.2 Å². The summed E-state index contributed by atoms with van der Waals surface area (Å²) in [5, 5.41) is 1.14. The molecule has 0 bridgehead atoms. The van der Waals surface area contributed by atoms with Crippen molar-refractivity contribution in [2.24, 2.45) is 11.7 Å². The molecule has 3 unspecified atom stereocenters. The third-order valence-corrected chi connectivity index (χ3v) is 3.82. The van der Waals surface area contributed by atoms with Crippen LogP contribution < -0.4 is 5.73 Å². The molecule has 0 radical (unpaired) electrons. The van der Waals surface area contributed by atoms with E-state index in [2.05, 4.69) is 30.1 Å². The molecular weight excluding hydrogens is 224 g/mol. The van der Waals surface area contributed by atoms with E-state index in [9.17, 15) is 0 Å². The van der Waals surface area contributed by atoms with Crippen LogP contribution in [0.2, 0.25) is 0 Å². The highest BCUT2D eigenvalue weighted by Gasteiger charge is 2.31. The van der Waals surface area contributed by atoms with Crippen molar-refractivity contribution in [3.63, 3.8) is 0 Å². The van der Waals surface area contributed by atoms with Gasteiger partial charge < -0.3 is 10.5 Å². The Morgan fingerprint density at radius 1 is 1.33 bits per heavy atom. The molecule has 3 nitrogen and oxygen atoms in total. The number of para-hydroxylation sites is 1. The monoisotopic (exact) mass is 242 g/mol. The minimum absolute atomic E-state index is 0.0962. The van der Waals surface area contributed by atoms with Crippen LogP contribution in [0, 0.1) is 5.92 Å². The average molecular weight is 242 g/mol. The third-order valence-electron chi connectivity index (χ3n) is 3.82. The standard InChI is InChI=1S/C15H18N2O/c1-10-7-9-18-15(10)13(16)12-6-2-4-11-5-3-8-17-14(11)12/h2-6,8,10,13,15H,7,9,16H2,1H3. The SMILES string of the molecule is CC1CCOC1C(N)c1cccc2cccnc12. The first-order valence-electron chi connectivity index (χ1n) is 6.48. The number of hydrogen-bond acceptors (Lipinski definition) is 3. The second-order valence-corrected chi connectivity index (χ2v) is 5.05. The Morgan fingerprint density at radius 2 is 2.17 bits per heavy atom. The van der Waals surface area contributed by atoms with Crippen LogP contribution in [-0.4, -0.2) is 17.7 Å². The second-order valence-electron chi connectivity index (χ2n) is 5.05. The molecule has 1 saturated heterocycles. The predicted octanol–water partition coefficient (Wildman–Crippen LogP) is 2.66. The number of pyridine rings is 1. The van der Waals surface area contributed by atoms with E-state index in [1.165, 1.54) is 0 Å². The van der Waals surface area contributed by atoms with Crippen LogP contribution in [0.3, 0.4) is 0 Å². The first-order valence-corrected chi connectivity index (χ1v) is 6.48. The maximum absolute atomic E-state index is 6.39. The Balaban J connectivity index is 2.03. The summed E-state index contributed by atoms with van der Waals surface area (Å²) in [7, 11) is 0. The number of rotatable bonds is 2. The van der Waals surface area contributed by atoms with Crippen molar-refractivity contribution in [3.8, 4) is 0 Å². The van der Waals surface area contributed by atoms with Gasteiger partial charge in [-0.25, -0.2) is 0 Å². The summed E-state index contributed by atoms with van der Waals surface area (Å²) in [6.07, 6.45) is 3.02. The Hall–Kier alpha value is -1.45. The summed E-state index contributed by atoms with van der Waals surface area (Å²) in [6.45, 7) is 3.02. The maximum Gasteiger partial charge on any atom is 0.0794 e. The summed E-state index contributed by atoms with van der Waals surface area (Å²) >= 11 is 0. The minimum Gasteiger partial charge on any atom is -0.376 e. The summed E-state index contributed by atoms with van der Waals surface area (Å²) < 4.78 is 5.78. The molecule has 1 aliphatic heterocycles. The molecule has 1 fully saturated rings. The zero-order valence-electron chi connectivity index (χ0n) is 10.5. The van der Waals surface area contributed by atoms with Crippen LogP contribution in [-0.2, 0) is 4.74 Å². The molecule has 2 heterocycles. The van der Waals surface area contributed by atoms with E-state index in [0.29, 0.717) is 5.92 Å². The van der Waals surface area contributed by atoms with Gasteiger partial charge in [-0.2, -0.15) is 0 Å². The highest BCUT2D eigenvalue weighted by molar-refractivity contribution is 5.82. The van der Waals surface area contributed by atoms with Crippen molar-refractivity contribution in [2.75, 3.05) is 6.61 Å². The molecule has 2 N–H and O–H groups in total. The molecule has 3 rings (SSSR count). The number of hydrogen-bond donors (Lipinski definition) is 1. The second kappa shape index (κ2) is 4.67. The van der Waals surface area contributed by atoms with E-state index < -0.39 is 0 Å². The summed E-state index contributed by atoms with van der Waals surface area (Å²) in [6, 6.07) is 10.1. The fraction of sp³-hybridized carbons (Fsp3) is 0.400. The van der Waals surface area contributed by atoms with Crippen molar-refractivity contribution in [1.29, 1.82) is 0 Å².